The molecule has 1 aliphatic rings. The van der Waals surface area contributed by atoms with Crippen molar-refractivity contribution in [1.82, 2.24) is 4.90 Å². The molecule has 2 amide bonds. The zero-order valence-corrected chi connectivity index (χ0v) is 20.0. The first-order valence-corrected chi connectivity index (χ1v) is 11.2. The Bertz CT molecular complexity index is 1010. The van der Waals surface area contributed by atoms with E-state index in [0.717, 1.165) is 26.5 Å². The van der Waals surface area contributed by atoms with Crippen molar-refractivity contribution < 1.29 is 19.1 Å². The number of thioether (sulfide) groups is 1. The third-order valence-electron chi connectivity index (χ3n) is 4.03. The van der Waals surface area contributed by atoms with E-state index in [2.05, 4.69) is 22.6 Å². The molecular formula is C20H16Cl2INO4S. The number of ether oxygens (including phenoxy) is 2. The number of amides is 2. The summed E-state index contributed by atoms with van der Waals surface area (Å²) in [5.41, 5.74) is 1.47. The van der Waals surface area contributed by atoms with Gasteiger partial charge in [-0.1, -0.05) is 29.3 Å². The van der Waals surface area contributed by atoms with Crippen LogP contribution in [0.25, 0.3) is 6.08 Å². The Morgan fingerprint density at radius 2 is 1.93 bits per heavy atom. The third kappa shape index (κ3) is 5.02. The highest BCUT2D eigenvalue weighted by Crippen LogP contribution is 2.38. The summed E-state index contributed by atoms with van der Waals surface area (Å²) in [6.07, 6.45) is 1.68. The highest BCUT2D eigenvalue weighted by molar-refractivity contribution is 14.1. The van der Waals surface area contributed by atoms with Crippen molar-refractivity contribution in [3.05, 3.63) is 60.0 Å². The number of rotatable bonds is 6. The number of hydrogen-bond donors (Lipinski definition) is 0. The number of methoxy groups -OCH3 is 1. The fourth-order valence-electron chi connectivity index (χ4n) is 2.74. The van der Waals surface area contributed by atoms with E-state index in [-0.39, 0.29) is 17.7 Å². The van der Waals surface area contributed by atoms with Crippen LogP contribution >= 0.6 is 57.6 Å². The van der Waals surface area contributed by atoms with Gasteiger partial charge in [0.15, 0.2) is 11.5 Å². The maximum absolute atomic E-state index is 12.8. The Balaban J connectivity index is 1.87. The lowest BCUT2D eigenvalue weighted by atomic mass is 10.1. The first-order valence-electron chi connectivity index (χ1n) is 8.53. The van der Waals surface area contributed by atoms with Crippen LogP contribution in [0.3, 0.4) is 0 Å². The van der Waals surface area contributed by atoms with Gasteiger partial charge in [0, 0.05) is 0 Å². The van der Waals surface area contributed by atoms with Gasteiger partial charge < -0.3 is 9.47 Å². The van der Waals surface area contributed by atoms with Crippen molar-refractivity contribution in [2.24, 2.45) is 0 Å². The molecule has 0 N–H and O–H groups in total. The van der Waals surface area contributed by atoms with E-state index >= 15 is 0 Å². The number of carbonyl (C=O) groups excluding carboxylic acids is 2. The number of benzene rings is 2. The quantitative estimate of drug-likeness (QED) is 0.307. The predicted octanol–water partition coefficient (Wildman–Crippen LogP) is 6.24. The predicted molar refractivity (Wildman–Crippen MR) is 125 cm³/mol. The Labute approximate surface area is 196 Å². The topological polar surface area (TPSA) is 55.8 Å². The lowest BCUT2D eigenvalue weighted by Crippen LogP contribution is -2.27. The smallest absolute Gasteiger partial charge is 0.293 e. The molecule has 3 rings (SSSR count). The van der Waals surface area contributed by atoms with E-state index in [0.29, 0.717) is 33.1 Å². The fraction of sp³-hybridized carbons (Fsp3) is 0.200. The number of nitrogens with zero attached hydrogens (tertiary/aromatic N) is 1. The molecule has 0 unspecified atom stereocenters. The zero-order chi connectivity index (χ0) is 21.1. The minimum atomic E-state index is -0.352. The first kappa shape index (κ1) is 22.3. The lowest BCUT2D eigenvalue weighted by Gasteiger charge is -2.13. The number of carbonyl (C=O) groups is 2. The lowest BCUT2D eigenvalue weighted by molar-refractivity contribution is -0.123. The van der Waals surface area contributed by atoms with Crippen LogP contribution in [0.15, 0.2) is 35.2 Å². The molecule has 0 radical (unpaired) electrons. The molecule has 9 heteroatoms. The summed E-state index contributed by atoms with van der Waals surface area (Å²) in [4.78, 5) is 26.7. The SMILES string of the molecule is CCOc1cc(/C=C2/SC(=O)N(Cc3ccc(Cl)c(Cl)c3)C2=O)cc(I)c1OC. The van der Waals surface area contributed by atoms with E-state index < -0.39 is 0 Å². The second kappa shape index (κ2) is 9.59. The van der Waals surface area contributed by atoms with Gasteiger partial charge in [0.2, 0.25) is 0 Å². The van der Waals surface area contributed by atoms with E-state index in [9.17, 15) is 9.59 Å². The van der Waals surface area contributed by atoms with E-state index in [1.807, 2.05) is 13.0 Å². The normalized spacial score (nSPS) is 15.3. The Hall–Kier alpha value is -1.42. The zero-order valence-electron chi connectivity index (χ0n) is 15.5. The molecule has 1 heterocycles. The summed E-state index contributed by atoms with van der Waals surface area (Å²) >= 11 is 15.0. The van der Waals surface area contributed by atoms with Gasteiger partial charge in [0.25, 0.3) is 11.1 Å². The molecule has 0 saturated carbocycles. The van der Waals surface area contributed by atoms with Crippen LogP contribution in [0.1, 0.15) is 18.1 Å². The molecule has 0 atom stereocenters. The molecule has 1 saturated heterocycles. The third-order valence-corrected chi connectivity index (χ3v) is 6.48. The van der Waals surface area contributed by atoms with Gasteiger partial charge >= 0.3 is 0 Å². The Morgan fingerprint density at radius 1 is 1.17 bits per heavy atom. The molecule has 1 fully saturated rings. The molecule has 0 spiro atoms. The molecule has 1 aliphatic heterocycles. The van der Waals surface area contributed by atoms with Crippen LogP contribution in [0.2, 0.25) is 10.0 Å². The van der Waals surface area contributed by atoms with Crippen molar-refractivity contribution in [1.29, 1.82) is 0 Å². The van der Waals surface area contributed by atoms with E-state index in [1.165, 1.54) is 4.90 Å². The molecule has 29 heavy (non-hydrogen) atoms. The fourth-order valence-corrected chi connectivity index (χ4v) is 4.75. The average Bonchev–Trinajstić information content (AvgIpc) is 2.92. The second-order valence-electron chi connectivity index (χ2n) is 5.98. The largest absolute Gasteiger partial charge is 0.492 e. The van der Waals surface area contributed by atoms with Crippen LogP contribution in [0.4, 0.5) is 4.79 Å². The standard InChI is InChI=1S/C20H16Cl2INO4S/c1-3-28-16-8-12(7-15(23)18(16)27-2)9-17-19(25)24(20(26)29-17)10-11-4-5-13(21)14(22)6-11/h4-9H,3,10H2,1-2H3/b17-9+. The summed E-state index contributed by atoms with van der Waals surface area (Å²) in [6, 6.07) is 8.69. The molecule has 0 aliphatic carbocycles. The highest BCUT2D eigenvalue weighted by atomic mass is 127. The summed E-state index contributed by atoms with van der Waals surface area (Å²) in [5.74, 6) is 0.871. The van der Waals surface area contributed by atoms with Crippen LogP contribution < -0.4 is 9.47 Å². The van der Waals surface area contributed by atoms with Crippen molar-refractivity contribution in [3.63, 3.8) is 0 Å². The van der Waals surface area contributed by atoms with Gasteiger partial charge in [0.05, 0.1) is 38.8 Å². The Kier molecular flexibility index (Phi) is 7.37. The highest BCUT2D eigenvalue weighted by Gasteiger charge is 2.35. The molecule has 152 valence electrons. The van der Waals surface area contributed by atoms with Gasteiger partial charge in [-0.05, 0) is 82.7 Å². The van der Waals surface area contributed by atoms with Gasteiger partial charge in [0.1, 0.15) is 0 Å². The average molecular weight is 564 g/mol. The van der Waals surface area contributed by atoms with Gasteiger partial charge in [-0.3, -0.25) is 14.5 Å². The number of hydrogen-bond acceptors (Lipinski definition) is 5. The maximum Gasteiger partial charge on any atom is 0.293 e. The van der Waals surface area contributed by atoms with Gasteiger partial charge in [-0.2, -0.15) is 0 Å². The molecule has 2 aromatic carbocycles. The van der Waals surface area contributed by atoms with E-state index in [4.69, 9.17) is 32.7 Å². The first-order chi connectivity index (χ1) is 13.8. The van der Waals surface area contributed by atoms with Crippen LogP contribution in [-0.2, 0) is 11.3 Å². The van der Waals surface area contributed by atoms with E-state index in [1.54, 1.807) is 37.5 Å². The summed E-state index contributed by atoms with van der Waals surface area (Å²) < 4.78 is 11.9. The second-order valence-corrected chi connectivity index (χ2v) is 8.95. The van der Waals surface area contributed by atoms with Crippen LogP contribution in [0.5, 0.6) is 11.5 Å². The van der Waals surface area contributed by atoms with Crippen molar-refractivity contribution >= 4 is 74.8 Å². The molecule has 2 aromatic rings. The molecule has 0 aromatic heterocycles. The molecule has 0 bridgehead atoms. The summed E-state index contributed by atoms with van der Waals surface area (Å²) in [6.45, 7) is 2.49. The maximum atomic E-state index is 12.8. The van der Waals surface area contributed by atoms with Gasteiger partial charge in [-0.15, -0.1) is 0 Å². The summed E-state index contributed by atoms with van der Waals surface area (Å²) in [7, 11) is 1.58. The van der Waals surface area contributed by atoms with Crippen molar-refractivity contribution in [3.8, 4) is 11.5 Å². The van der Waals surface area contributed by atoms with Crippen molar-refractivity contribution in [2.75, 3.05) is 13.7 Å². The number of imide groups is 1. The monoisotopic (exact) mass is 563 g/mol. The van der Waals surface area contributed by atoms with Gasteiger partial charge in [-0.25, -0.2) is 0 Å². The number of halogens is 3. The summed E-state index contributed by atoms with van der Waals surface area (Å²) in [5, 5.41) is 0.465. The minimum absolute atomic E-state index is 0.128. The van der Waals surface area contributed by atoms with Crippen LogP contribution in [0, 0.1) is 3.57 Å². The Morgan fingerprint density at radius 3 is 2.59 bits per heavy atom. The van der Waals surface area contributed by atoms with Crippen molar-refractivity contribution in [2.45, 2.75) is 13.5 Å². The van der Waals surface area contributed by atoms with Crippen LogP contribution in [-0.4, -0.2) is 29.8 Å². The minimum Gasteiger partial charge on any atom is -0.492 e. The molecular weight excluding hydrogens is 548 g/mol. The molecule has 5 nitrogen and oxygen atoms in total.